The Hall–Kier alpha value is 1.46. The highest BCUT2D eigenvalue weighted by atomic mass is 127. The number of aliphatic hydroxyl groups is 1. The van der Waals surface area contributed by atoms with E-state index in [1.54, 1.807) is 22.6 Å². The molecule has 0 spiro atoms. The molecule has 0 heterocycles. The summed E-state index contributed by atoms with van der Waals surface area (Å²) in [6.07, 6.45) is 0. The molecule has 0 saturated heterocycles. The number of alkyl halides is 3. The van der Waals surface area contributed by atoms with E-state index in [1.165, 1.54) is 0 Å². The van der Waals surface area contributed by atoms with Crippen molar-refractivity contribution in [3.63, 3.8) is 0 Å². The Morgan fingerprint density at radius 1 is 2.00 bits per heavy atom. The Morgan fingerprint density at radius 3 is 2.17 bits per heavy atom. The molecule has 0 aliphatic heterocycles. The summed E-state index contributed by atoms with van der Waals surface area (Å²) in [6.45, 7) is 0. The molecular weight excluding hydrogens is 282 g/mol. The molecular formula is C2H3BrClIO. The largest absolute Gasteiger partial charge is 0.369 e. The van der Waals surface area contributed by atoms with Crippen LogP contribution in [-0.4, -0.2) is 13.5 Å². The molecule has 0 saturated carbocycles. The van der Waals surface area contributed by atoms with Gasteiger partial charge < -0.3 is 5.11 Å². The average Bonchev–Trinajstić information content (AvgIpc) is 1.35. The summed E-state index contributed by atoms with van der Waals surface area (Å²) in [5, 5.41) is 8.60. The Bertz CT molecular complexity index is 43.3. The zero-order chi connectivity index (χ0) is 5.21. The maximum atomic E-state index is 8.60. The molecule has 1 N–H and O–H groups in total. The third kappa shape index (κ3) is 5.46. The zero-order valence-electron chi connectivity index (χ0n) is 2.79. The van der Waals surface area contributed by atoms with E-state index in [1.807, 2.05) is 0 Å². The Morgan fingerprint density at radius 2 is 2.17 bits per heavy atom. The third-order valence-electron chi connectivity index (χ3n) is 0.161. The molecule has 4 heteroatoms. The number of hydrogen-bond donors (Lipinski definition) is 1. The highest BCUT2D eigenvalue weighted by Crippen LogP contribution is 2.23. The van der Waals surface area contributed by atoms with Crippen LogP contribution in [0.2, 0.25) is 0 Å². The van der Waals surface area contributed by atoms with E-state index in [9.17, 15) is 0 Å². The monoisotopic (exact) mass is 284 g/mol. The van der Waals surface area contributed by atoms with Crippen molar-refractivity contribution in [2.75, 3.05) is 5.88 Å². The maximum absolute atomic E-state index is 8.60. The average molecular weight is 285 g/mol. The van der Waals surface area contributed by atoms with Gasteiger partial charge in [0.15, 0.2) is 2.52 Å². The second-order valence-electron chi connectivity index (χ2n) is 0.799. The van der Waals surface area contributed by atoms with E-state index < -0.39 is 2.52 Å². The molecule has 0 bridgehead atoms. The van der Waals surface area contributed by atoms with E-state index >= 15 is 0 Å². The first-order valence-corrected chi connectivity index (χ1v) is 3.63. The van der Waals surface area contributed by atoms with Gasteiger partial charge in [-0.3, -0.25) is 0 Å². The lowest BCUT2D eigenvalue weighted by molar-refractivity contribution is 0.278. The Kier molecular flexibility index (Phi) is 3.35. The summed E-state index contributed by atoms with van der Waals surface area (Å²) in [6, 6.07) is 0. The highest BCUT2D eigenvalue weighted by Gasteiger charge is 2.13. The van der Waals surface area contributed by atoms with Crippen LogP contribution < -0.4 is 0 Å². The summed E-state index contributed by atoms with van der Waals surface area (Å²) >= 11 is 9.84. The number of hydrogen-bond acceptors (Lipinski definition) is 1. The molecule has 0 aliphatic rings. The van der Waals surface area contributed by atoms with Crippen molar-refractivity contribution < 1.29 is 5.11 Å². The molecule has 0 radical (unpaired) electrons. The quantitative estimate of drug-likeness (QED) is 0.574. The van der Waals surface area contributed by atoms with E-state index in [2.05, 4.69) is 15.9 Å². The molecule has 1 atom stereocenters. The molecule has 38 valence electrons. The van der Waals surface area contributed by atoms with Crippen LogP contribution in [0.1, 0.15) is 0 Å². The van der Waals surface area contributed by atoms with Crippen LogP contribution in [-0.2, 0) is 0 Å². The van der Waals surface area contributed by atoms with Gasteiger partial charge >= 0.3 is 0 Å². The van der Waals surface area contributed by atoms with Gasteiger partial charge in [-0.15, -0.1) is 11.6 Å². The van der Waals surface area contributed by atoms with Crippen molar-refractivity contribution >= 4 is 50.1 Å². The first kappa shape index (κ1) is 7.46. The fraction of sp³-hybridized carbons (Fsp3) is 1.00. The van der Waals surface area contributed by atoms with Crippen molar-refractivity contribution in [2.45, 2.75) is 2.52 Å². The van der Waals surface area contributed by atoms with Crippen LogP contribution in [0, 0.1) is 0 Å². The molecule has 6 heavy (non-hydrogen) atoms. The molecule has 1 nitrogen and oxygen atoms in total. The van der Waals surface area contributed by atoms with Gasteiger partial charge in [0.1, 0.15) is 0 Å². The number of rotatable bonds is 1. The fourth-order valence-electron chi connectivity index (χ4n) is 0. The molecule has 0 aromatic rings. The van der Waals surface area contributed by atoms with Gasteiger partial charge in [0.25, 0.3) is 0 Å². The lowest BCUT2D eigenvalue weighted by atomic mass is 10.9. The van der Waals surface area contributed by atoms with Crippen molar-refractivity contribution in [1.29, 1.82) is 0 Å². The topological polar surface area (TPSA) is 20.2 Å². The van der Waals surface area contributed by atoms with Crippen molar-refractivity contribution in [1.82, 2.24) is 0 Å². The van der Waals surface area contributed by atoms with Gasteiger partial charge in [0, 0.05) is 0 Å². The second-order valence-corrected chi connectivity index (χ2v) is 5.65. The lowest BCUT2D eigenvalue weighted by Gasteiger charge is -2.04. The van der Waals surface area contributed by atoms with Crippen LogP contribution in [0.25, 0.3) is 0 Å². The van der Waals surface area contributed by atoms with Crippen LogP contribution in [0.15, 0.2) is 0 Å². The molecule has 1 unspecified atom stereocenters. The van der Waals surface area contributed by atoms with Gasteiger partial charge in [-0.1, -0.05) is 0 Å². The predicted molar refractivity (Wildman–Crippen MR) is 38.6 cm³/mol. The maximum Gasteiger partial charge on any atom is 0.184 e. The van der Waals surface area contributed by atoms with Crippen LogP contribution >= 0.6 is 50.1 Å². The third-order valence-corrected chi connectivity index (χ3v) is 1.98. The summed E-state index contributed by atoms with van der Waals surface area (Å²) < 4.78 is -0.910. The Labute approximate surface area is 63.3 Å². The smallest absolute Gasteiger partial charge is 0.184 e. The van der Waals surface area contributed by atoms with Crippen molar-refractivity contribution in [2.24, 2.45) is 0 Å². The normalized spacial score (nSPS) is 20.0. The lowest BCUT2D eigenvalue weighted by Crippen LogP contribution is -2.09. The van der Waals surface area contributed by atoms with Gasteiger partial charge in [0.2, 0.25) is 0 Å². The SMILES string of the molecule is OC(Br)(I)CCl. The second kappa shape index (κ2) is 2.69. The minimum Gasteiger partial charge on any atom is -0.369 e. The van der Waals surface area contributed by atoms with Gasteiger partial charge in [0.05, 0.1) is 5.88 Å². The molecule has 0 amide bonds. The minimum absolute atomic E-state index is 0.202. The van der Waals surface area contributed by atoms with E-state index in [-0.39, 0.29) is 5.88 Å². The molecule has 0 fully saturated rings. The van der Waals surface area contributed by atoms with Crippen molar-refractivity contribution in [3.8, 4) is 0 Å². The van der Waals surface area contributed by atoms with Gasteiger partial charge in [-0.05, 0) is 38.5 Å². The minimum atomic E-state index is -0.910. The summed E-state index contributed by atoms with van der Waals surface area (Å²) in [4.78, 5) is 0. The van der Waals surface area contributed by atoms with Crippen molar-refractivity contribution in [3.05, 3.63) is 0 Å². The fourth-order valence-corrected chi connectivity index (χ4v) is 0. The van der Waals surface area contributed by atoms with E-state index in [0.29, 0.717) is 0 Å². The summed E-state index contributed by atoms with van der Waals surface area (Å²) in [5.74, 6) is 0.202. The summed E-state index contributed by atoms with van der Waals surface area (Å²) in [7, 11) is 0. The standard InChI is InChI=1S/C2H3BrClIO/c3-2(5,6)1-4/h6H,1H2. The molecule has 0 rings (SSSR count). The summed E-state index contributed by atoms with van der Waals surface area (Å²) in [5.41, 5.74) is 0. The molecule has 0 aromatic carbocycles. The first-order chi connectivity index (χ1) is 2.56. The van der Waals surface area contributed by atoms with E-state index in [0.717, 1.165) is 0 Å². The van der Waals surface area contributed by atoms with E-state index in [4.69, 9.17) is 16.7 Å². The zero-order valence-corrected chi connectivity index (χ0v) is 7.29. The molecule has 0 aromatic heterocycles. The predicted octanol–water partition coefficient (Wildman–Crippen LogP) is 1.70. The van der Waals surface area contributed by atoms with Gasteiger partial charge in [-0.2, -0.15) is 0 Å². The van der Waals surface area contributed by atoms with Gasteiger partial charge in [-0.25, -0.2) is 0 Å². The van der Waals surface area contributed by atoms with Crippen LogP contribution in [0.3, 0.4) is 0 Å². The first-order valence-electron chi connectivity index (χ1n) is 1.22. The van der Waals surface area contributed by atoms with Crippen LogP contribution in [0.4, 0.5) is 0 Å². The highest BCUT2D eigenvalue weighted by molar-refractivity contribution is 14.1. The van der Waals surface area contributed by atoms with Crippen LogP contribution in [0.5, 0.6) is 0 Å². The Balaban J connectivity index is 3.17. The number of halogens is 3. The molecule has 0 aliphatic carbocycles.